The van der Waals surface area contributed by atoms with Gasteiger partial charge in [0.2, 0.25) is 0 Å². The van der Waals surface area contributed by atoms with Crippen molar-refractivity contribution in [3.05, 3.63) is 70.7 Å². The van der Waals surface area contributed by atoms with Gasteiger partial charge in [0.05, 0.1) is 12.1 Å². The maximum atomic E-state index is 13.5. The van der Waals surface area contributed by atoms with E-state index in [0.717, 1.165) is 34.5 Å². The summed E-state index contributed by atoms with van der Waals surface area (Å²) in [6, 6.07) is 10.4. The Morgan fingerprint density at radius 2 is 1.94 bits per heavy atom. The summed E-state index contributed by atoms with van der Waals surface area (Å²) in [4.78, 5) is 8.73. The quantitative estimate of drug-likeness (QED) is 0.282. The molecule has 6 nitrogen and oxygen atoms in total. The van der Waals surface area contributed by atoms with Crippen LogP contribution in [-0.4, -0.2) is 31.5 Å². The average molecular weight is 477 g/mol. The fourth-order valence-electron chi connectivity index (χ4n) is 3.23. The third kappa shape index (κ3) is 5.86. The van der Waals surface area contributed by atoms with E-state index in [2.05, 4.69) is 25.5 Å². The number of halogens is 4. The minimum atomic E-state index is -4.79. The van der Waals surface area contributed by atoms with Gasteiger partial charge in [-0.3, -0.25) is 5.32 Å². The number of benzene rings is 1. The summed E-state index contributed by atoms with van der Waals surface area (Å²) >= 11 is 1.07. The lowest BCUT2D eigenvalue weighted by molar-refractivity contribution is -0.139. The van der Waals surface area contributed by atoms with Gasteiger partial charge in [0.1, 0.15) is 22.1 Å². The number of alkyl halides is 3. The third-order valence-corrected chi connectivity index (χ3v) is 5.88. The van der Waals surface area contributed by atoms with Crippen molar-refractivity contribution in [1.29, 1.82) is 0 Å². The molecule has 1 unspecified atom stereocenters. The van der Waals surface area contributed by atoms with Crippen LogP contribution in [0.25, 0.3) is 21.6 Å². The van der Waals surface area contributed by atoms with Crippen molar-refractivity contribution in [3.63, 3.8) is 0 Å². The molecule has 11 heteroatoms. The molecule has 1 atom stereocenters. The van der Waals surface area contributed by atoms with E-state index in [1.807, 2.05) is 24.3 Å². The summed E-state index contributed by atoms with van der Waals surface area (Å²) in [5, 5.41) is 22.6. The van der Waals surface area contributed by atoms with E-state index in [0.29, 0.717) is 29.9 Å². The third-order valence-electron chi connectivity index (χ3n) is 4.91. The molecule has 4 aromatic rings. The van der Waals surface area contributed by atoms with Crippen LogP contribution in [0, 0.1) is 5.82 Å². The smallest absolute Gasteiger partial charge is 0.379 e. The largest absolute Gasteiger partial charge is 0.419 e. The van der Waals surface area contributed by atoms with Gasteiger partial charge in [-0.25, -0.2) is 14.4 Å². The van der Waals surface area contributed by atoms with E-state index < -0.39 is 23.8 Å². The number of fused-ring (bicyclic) bond motifs is 1. The molecule has 0 aliphatic carbocycles. The van der Waals surface area contributed by atoms with E-state index in [1.54, 1.807) is 6.20 Å². The number of aryl methyl sites for hydroxylation is 1. The number of aliphatic hydroxyl groups is 1. The molecule has 0 amide bonds. The van der Waals surface area contributed by atoms with Crippen molar-refractivity contribution >= 4 is 22.4 Å². The van der Waals surface area contributed by atoms with E-state index in [-0.39, 0.29) is 17.1 Å². The number of rotatable bonds is 8. The summed E-state index contributed by atoms with van der Waals surface area (Å²) in [6.45, 7) is 0.199. The van der Waals surface area contributed by atoms with Gasteiger partial charge in [-0.1, -0.05) is 11.3 Å². The van der Waals surface area contributed by atoms with E-state index in [9.17, 15) is 22.7 Å². The zero-order valence-electron chi connectivity index (χ0n) is 17.2. The normalized spacial score (nSPS) is 12.9. The predicted molar refractivity (Wildman–Crippen MR) is 116 cm³/mol. The average Bonchev–Trinajstić information content (AvgIpc) is 3.26. The molecule has 0 bridgehead atoms. The van der Waals surface area contributed by atoms with Gasteiger partial charge in [-0.15, -0.1) is 10.2 Å². The second-order valence-electron chi connectivity index (χ2n) is 7.33. The van der Waals surface area contributed by atoms with Crippen LogP contribution in [0.4, 0.5) is 17.6 Å². The highest BCUT2D eigenvalue weighted by molar-refractivity contribution is 7.14. The first-order chi connectivity index (χ1) is 15.8. The van der Waals surface area contributed by atoms with Gasteiger partial charge in [-0.05, 0) is 61.7 Å². The van der Waals surface area contributed by atoms with Crippen molar-refractivity contribution in [2.75, 3.05) is 0 Å². The SMILES string of the molecule is OC(CCCc1ccc2cccnc2n1)NCc1nnc(-c2ccc(F)c(C(F)(F)F)c2)s1. The van der Waals surface area contributed by atoms with Crippen molar-refractivity contribution in [2.24, 2.45) is 0 Å². The van der Waals surface area contributed by atoms with Crippen LogP contribution >= 0.6 is 11.3 Å². The number of nitrogens with zero attached hydrogens (tertiary/aromatic N) is 4. The van der Waals surface area contributed by atoms with Crippen molar-refractivity contribution in [3.8, 4) is 10.6 Å². The predicted octanol–water partition coefficient (Wildman–Crippen LogP) is 4.74. The van der Waals surface area contributed by atoms with Gasteiger partial charge < -0.3 is 5.11 Å². The number of nitrogens with one attached hydrogen (secondary N) is 1. The monoisotopic (exact) mass is 477 g/mol. The first kappa shape index (κ1) is 23.1. The molecular weight excluding hydrogens is 458 g/mol. The minimum Gasteiger partial charge on any atom is -0.379 e. The zero-order valence-corrected chi connectivity index (χ0v) is 18.0. The molecule has 3 aromatic heterocycles. The molecule has 0 radical (unpaired) electrons. The summed E-state index contributed by atoms with van der Waals surface area (Å²) < 4.78 is 52.2. The van der Waals surface area contributed by atoms with E-state index >= 15 is 0 Å². The van der Waals surface area contributed by atoms with E-state index in [4.69, 9.17) is 0 Å². The number of hydrogen-bond donors (Lipinski definition) is 2. The highest BCUT2D eigenvalue weighted by Gasteiger charge is 2.34. The van der Waals surface area contributed by atoms with Crippen LogP contribution in [0.2, 0.25) is 0 Å². The van der Waals surface area contributed by atoms with Crippen molar-refractivity contribution < 1.29 is 22.7 Å². The number of pyridine rings is 2. The Hall–Kier alpha value is -3.02. The summed E-state index contributed by atoms with van der Waals surface area (Å²) in [7, 11) is 0. The molecule has 0 fully saturated rings. The van der Waals surface area contributed by atoms with Crippen LogP contribution in [0.1, 0.15) is 29.1 Å². The van der Waals surface area contributed by atoms with Crippen LogP contribution in [-0.2, 0) is 19.1 Å². The standard InChI is InChI=1S/C22H19F4N5OS/c23-17-9-7-14(11-16(17)22(24,25)26)21-31-30-19(33-21)12-28-18(32)5-1-4-15-8-6-13-3-2-10-27-20(13)29-15/h2-3,6-11,18,28,32H,1,4-5,12H2. The van der Waals surface area contributed by atoms with Gasteiger partial charge in [0.25, 0.3) is 0 Å². The fraction of sp³-hybridized carbons (Fsp3) is 0.273. The highest BCUT2D eigenvalue weighted by atomic mass is 32.1. The molecule has 0 saturated carbocycles. The number of aromatic nitrogens is 4. The number of aliphatic hydroxyl groups excluding tert-OH is 1. The molecule has 3 heterocycles. The van der Waals surface area contributed by atoms with E-state index in [1.165, 1.54) is 6.07 Å². The van der Waals surface area contributed by atoms with Crippen LogP contribution in [0.5, 0.6) is 0 Å². The number of hydrogen-bond acceptors (Lipinski definition) is 7. The zero-order chi connectivity index (χ0) is 23.4. The Labute approximate surface area is 190 Å². The Bertz CT molecular complexity index is 1250. The Kier molecular flexibility index (Phi) is 6.91. The van der Waals surface area contributed by atoms with Crippen molar-refractivity contribution in [1.82, 2.24) is 25.5 Å². The van der Waals surface area contributed by atoms with Gasteiger partial charge in [-0.2, -0.15) is 13.2 Å². The van der Waals surface area contributed by atoms with Gasteiger partial charge in [0.15, 0.2) is 5.65 Å². The molecule has 33 heavy (non-hydrogen) atoms. The molecular formula is C22H19F4N5OS. The molecule has 0 aliphatic rings. The maximum absolute atomic E-state index is 13.5. The van der Waals surface area contributed by atoms with Gasteiger partial charge in [0, 0.05) is 22.8 Å². The minimum absolute atomic E-state index is 0.130. The maximum Gasteiger partial charge on any atom is 0.419 e. The summed E-state index contributed by atoms with van der Waals surface area (Å²) in [5.41, 5.74) is 0.358. The summed E-state index contributed by atoms with van der Waals surface area (Å²) in [6.07, 6.45) is -2.05. The molecule has 1 aromatic carbocycles. The molecule has 4 rings (SSSR count). The lowest BCUT2D eigenvalue weighted by Gasteiger charge is -2.11. The van der Waals surface area contributed by atoms with Crippen LogP contribution in [0.15, 0.2) is 48.7 Å². The molecule has 172 valence electrons. The first-order valence-corrected chi connectivity index (χ1v) is 10.9. The van der Waals surface area contributed by atoms with Crippen LogP contribution in [0.3, 0.4) is 0 Å². The Morgan fingerprint density at radius 3 is 2.76 bits per heavy atom. The first-order valence-electron chi connectivity index (χ1n) is 10.1. The Morgan fingerprint density at radius 1 is 1.09 bits per heavy atom. The fourth-order valence-corrected chi connectivity index (χ4v) is 4.02. The van der Waals surface area contributed by atoms with Crippen LogP contribution < -0.4 is 5.32 Å². The topological polar surface area (TPSA) is 83.8 Å². The van der Waals surface area contributed by atoms with Crippen molar-refractivity contribution in [2.45, 2.75) is 38.2 Å². The molecule has 2 N–H and O–H groups in total. The molecule has 0 spiro atoms. The molecule has 0 saturated heterocycles. The second-order valence-corrected chi connectivity index (χ2v) is 8.40. The summed E-state index contributed by atoms with van der Waals surface area (Å²) in [5.74, 6) is -1.34. The van der Waals surface area contributed by atoms with Gasteiger partial charge >= 0.3 is 6.18 Å². The molecule has 0 aliphatic heterocycles. The lowest BCUT2D eigenvalue weighted by Crippen LogP contribution is -2.28. The lowest BCUT2D eigenvalue weighted by atomic mass is 10.1. The second kappa shape index (κ2) is 9.86. The highest BCUT2D eigenvalue weighted by Crippen LogP contribution is 2.35. The Balaban J connectivity index is 1.28.